The van der Waals surface area contributed by atoms with E-state index in [0.29, 0.717) is 0 Å². The van der Waals surface area contributed by atoms with E-state index in [0.717, 1.165) is 12.8 Å². The molecule has 0 aromatic rings. The predicted octanol–water partition coefficient (Wildman–Crippen LogP) is 2.10. The molecule has 6 nitrogen and oxygen atoms in total. The molecule has 1 saturated heterocycles. The molecule has 0 amide bonds. The Morgan fingerprint density at radius 3 is 2.46 bits per heavy atom. The Kier molecular flexibility index (Phi) is 3.92. The first-order valence-electron chi connectivity index (χ1n) is 8.59. The van der Waals surface area contributed by atoms with E-state index in [4.69, 9.17) is 14.2 Å². The SMILES string of the molecule is CC(C)(C)C(C)(C)C(=O)OCC(=O)OC1C2CC3C(=O)OC1C3C2. The van der Waals surface area contributed by atoms with Crippen molar-refractivity contribution in [2.45, 2.75) is 59.7 Å². The Morgan fingerprint density at radius 1 is 1.17 bits per heavy atom. The number of hydrogen-bond acceptors (Lipinski definition) is 6. The van der Waals surface area contributed by atoms with Gasteiger partial charge in [-0.15, -0.1) is 0 Å². The lowest BCUT2D eigenvalue weighted by molar-refractivity contribution is -0.175. The van der Waals surface area contributed by atoms with E-state index >= 15 is 0 Å². The maximum atomic E-state index is 12.3. The molecule has 5 unspecified atom stereocenters. The number of carbonyl (C=O) groups excluding carboxylic acids is 3. The Morgan fingerprint density at radius 2 is 1.83 bits per heavy atom. The first-order valence-corrected chi connectivity index (χ1v) is 8.59. The van der Waals surface area contributed by atoms with Gasteiger partial charge in [0, 0.05) is 11.8 Å². The van der Waals surface area contributed by atoms with E-state index < -0.39 is 24.0 Å². The molecular formula is C18H26O6. The third kappa shape index (κ3) is 2.60. The van der Waals surface area contributed by atoms with E-state index in [2.05, 4.69) is 0 Å². The summed E-state index contributed by atoms with van der Waals surface area (Å²) in [4.78, 5) is 36.0. The molecule has 2 aliphatic carbocycles. The minimum absolute atomic E-state index is 0.0136. The highest BCUT2D eigenvalue weighted by molar-refractivity contribution is 5.81. The van der Waals surface area contributed by atoms with Gasteiger partial charge in [-0.3, -0.25) is 9.59 Å². The van der Waals surface area contributed by atoms with Crippen molar-refractivity contribution in [3.63, 3.8) is 0 Å². The minimum atomic E-state index is -0.714. The van der Waals surface area contributed by atoms with E-state index in [1.807, 2.05) is 20.8 Å². The molecular weight excluding hydrogens is 312 g/mol. The molecule has 3 fully saturated rings. The quantitative estimate of drug-likeness (QED) is 0.577. The van der Waals surface area contributed by atoms with Gasteiger partial charge in [0.2, 0.25) is 0 Å². The first kappa shape index (κ1) is 17.2. The molecule has 3 aliphatic rings. The highest BCUT2D eigenvalue weighted by Gasteiger charge is 2.63. The molecule has 6 heteroatoms. The number of fused-ring (bicyclic) bond motifs is 1. The second kappa shape index (κ2) is 5.46. The fourth-order valence-corrected chi connectivity index (χ4v) is 3.86. The van der Waals surface area contributed by atoms with Crippen molar-refractivity contribution in [3.05, 3.63) is 0 Å². The van der Waals surface area contributed by atoms with Crippen molar-refractivity contribution in [1.29, 1.82) is 0 Å². The smallest absolute Gasteiger partial charge is 0.344 e. The van der Waals surface area contributed by atoms with Crippen LogP contribution < -0.4 is 0 Å². The van der Waals surface area contributed by atoms with Gasteiger partial charge < -0.3 is 14.2 Å². The van der Waals surface area contributed by atoms with Crippen molar-refractivity contribution in [2.75, 3.05) is 6.61 Å². The van der Waals surface area contributed by atoms with Gasteiger partial charge in [0.1, 0.15) is 12.2 Å². The fourth-order valence-electron chi connectivity index (χ4n) is 3.86. The summed E-state index contributed by atoms with van der Waals surface area (Å²) in [5.74, 6) is -0.813. The molecule has 3 rings (SSSR count). The van der Waals surface area contributed by atoms with E-state index in [1.165, 1.54) is 0 Å². The number of rotatable bonds is 4. The summed E-state index contributed by atoms with van der Waals surface area (Å²) in [6, 6.07) is 0. The average molecular weight is 338 g/mol. The van der Waals surface area contributed by atoms with Crippen LogP contribution in [0.15, 0.2) is 0 Å². The van der Waals surface area contributed by atoms with Crippen LogP contribution in [0.3, 0.4) is 0 Å². The van der Waals surface area contributed by atoms with Gasteiger partial charge in [-0.2, -0.15) is 0 Å². The van der Waals surface area contributed by atoms with Crippen molar-refractivity contribution >= 4 is 17.9 Å². The molecule has 1 heterocycles. The number of hydrogen-bond donors (Lipinski definition) is 0. The lowest BCUT2D eigenvalue weighted by atomic mass is 9.69. The second-order valence-electron chi connectivity index (χ2n) is 8.81. The highest BCUT2D eigenvalue weighted by Crippen LogP contribution is 2.55. The Labute approximate surface area is 142 Å². The number of ether oxygens (including phenoxy) is 3. The van der Waals surface area contributed by atoms with Crippen molar-refractivity contribution < 1.29 is 28.6 Å². The first-order chi connectivity index (χ1) is 11.0. The molecule has 2 bridgehead atoms. The summed E-state index contributed by atoms with van der Waals surface area (Å²) in [6.07, 6.45) is 0.899. The monoisotopic (exact) mass is 338 g/mol. The summed E-state index contributed by atoms with van der Waals surface area (Å²) >= 11 is 0. The van der Waals surface area contributed by atoms with Crippen LogP contribution in [0.25, 0.3) is 0 Å². The van der Waals surface area contributed by atoms with Gasteiger partial charge in [-0.05, 0) is 32.1 Å². The molecule has 0 spiro atoms. The van der Waals surface area contributed by atoms with Gasteiger partial charge in [-0.1, -0.05) is 20.8 Å². The Balaban J connectivity index is 1.53. The number of esters is 3. The molecule has 0 aromatic heterocycles. The number of carbonyl (C=O) groups is 3. The van der Waals surface area contributed by atoms with Crippen LogP contribution in [-0.4, -0.2) is 36.7 Å². The average Bonchev–Trinajstić information content (AvgIpc) is 3.08. The van der Waals surface area contributed by atoms with E-state index in [1.54, 1.807) is 13.8 Å². The fraction of sp³-hybridized carbons (Fsp3) is 0.833. The summed E-state index contributed by atoms with van der Waals surface area (Å²) in [5, 5.41) is 0. The summed E-state index contributed by atoms with van der Waals surface area (Å²) in [6.45, 7) is 9.05. The summed E-state index contributed by atoms with van der Waals surface area (Å²) < 4.78 is 16.0. The zero-order valence-electron chi connectivity index (χ0n) is 15.0. The van der Waals surface area contributed by atoms with Gasteiger partial charge in [-0.25, -0.2) is 4.79 Å². The topological polar surface area (TPSA) is 78.9 Å². The molecule has 0 aromatic carbocycles. The van der Waals surface area contributed by atoms with Gasteiger partial charge in [0.05, 0.1) is 11.3 Å². The van der Waals surface area contributed by atoms with Crippen LogP contribution in [-0.2, 0) is 28.6 Å². The largest absolute Gasteiger partial charge is 0.458 e. The molecule has 0 radical (unpaired) electrons. The van der Waals surface area contributed by atoms with Crippen LogP contribution in [0.1, 0.15) is 47.5 Å². The lowest BCUT2D eigenvalue weighted by Gasteiger charge is -2.36. The molecule has 1 aliphatic heterocycles. The molecule has 0 N–H and O–H groups in total. The van der Waals surface area contributed by atoms with Crippen LogP contribution in [0.4, 0.5) is 0 Å². The van der Waals surface area contributed by atoms with Crippen LogP contribution in [0.2, 0.25) is 0 Å². The van der Waals surface area contributed by atoms with E-state index in [9.17, 15) is 14.4 Å². The normalized spacial score (nSPS) is 34.2. The second-order valence-corrected chi connectivity index (χ2v) is 8.81. The van der Waals surface area contributed by atoms with Crippen molar-refractivity contribution in [3.8, 4) is 0 Å². The maximum Gasteiger partial charge on any atom is 0.344 e. The third-order valence-electron chi connectivity index (χ3n) is 6.39. The molecule has 5 atom stereocenters. The molecule has 24 heavy (non-hydrogen) atoms. The summed E-state index contributed by atoms with van der Waals surface area (Å²) in [7, 11) is 0. The predicted molar refractivity (Wildman–Crippen MR) is 83.7 cm³/mol. The zero-order valence-corrected chi connectivity index (χ0v) is 15.0. The minimum Gasteiger partial charge on any atom is -0.458 e. The van der Waals surface area contributed by atoms with Crippen LogP contribution in [0, 0.1) is 28.6 Å². The highest BCUT2D eigenvalue weighted by atomic mass is 16.6. The van der Waals surface area contributed by atoms with Crippen LogP contribution >= 0.6 is 0 Å². The van der Waals surface area contributed by atoms with Crippen LogP contribution in [0.5, 0.6) is 0 Å². The van der Waals surface area contributed by atoms with Gasteiger partial charge in [0.15, 0.2) is 6.61 Å². The van der Waals surface area contributed by atoms with Gasteiger partial charge >= 0.3 is 17.9 Å². The maximum absolute atomic E-state index is 12.3. The van der Waals surface area contributed by atoms with Gasteiger partial charge in [0.25, 0.3) is 0 Å². The Bertz CT molecular complexity index is 573. The van der Waals surface area contributed by atoms with Crippen molar-refractivity contribution in [2.24, 2.45) is 28.6 Å². The Hall–Kier alpha value is -1.59. The third-order valence-corrected chi connectivity index (χ3v) is 6.39. The standard InChI is InChI=1S/C18H26O6/c1-17(2,3)18(4,5)16(21)22-8-12(19)23-13-9-6-10-11(7-9)15(20)24-14(10)13/h9-11,13-14H,6-8H2,1-5H3. The van der Waals surface area contributed by atoms with Crippen molar-refractivity contribution in [1.82, 2.24) is 0 Å². The van der Waals surface area contributed by atoms with E-state index in [-0.39, 0.29) is 41.3 Å². The lowest BCUT2D eigenvalue weighted by Crippen LogP contribution is -2.41. The molecule has 134 valence electrons. The zero-order chi connectivity index (χ0) is 17.9. The summed E-state index contributed by atoms with van der Waals surface area (Å²) in [5.41, 5.74) is -1.00. The molecule has 2 saturated carbocycles.